The lowest BCUT2D eigenvalue weighted by Gasteiger charge is -2.15. The Labute approximate surface area is 201 Å². The van der Waals surface area contributed by atoms with Crippen molar-refractivity contribution in [2.75, 3.05) is 6.61 Å². The minimum atomic E-state index is -0.422. The number of amides is 1. The number of halogens is 1. The molecule has 0 aromatic heterocycles. The van der Waals surface area contributed by atoms with Crippen molar-refractivity contribution in [2.24, 2.45) is 0 Å². The molecule has 32 heavy (non-hydrogen) atoms. The van der Waals surface area contributed by atoms with Gasteiger partial charge >= 0.3 is 0 Å². The molecule has 162 valence electrons. The molecule has 6 heteroatoms. The smallest absolute Gasteiger partial charge is 0.262 e. The molecule has 0 unspecified atom stereocenters. The number of hydrogen-bond acceptors (Lipinski definition) is 4. The molecule has 0 aliphatic heterocycles. The van der Waals surface area contributed by atoms with Crippen LogP contribution in [0.3, 0.4) is 0 Å². The van der Waals surface area contributed by atoms with Crippen LogP contribution in [0.5, 0.6) is 11.5 Å². The Morgan fingerprint density at radius 1 is 1.03 bits per heavy atom. The maximum absolute atomic E-state index is 12.5. The standard InChI is InChI=1S/C26H23IN2O3/c1-2-31-24-15-21(14-23(27)25(24)32-18-20-11-7-4-8-12-20)13-22(16-28)26(30)29-17-19-9-5-3-6-10-19/h3-15H,2,17-18H2,1H3,(H,29,30)/b22-13+. The molecule has 1 amide bonds. The Balaban J connectivity index is 1.78. The van der Waals surface area contributed by atoms with Crippen LogP contribution in [0.15, 0.2) is 78.4 Å². The quantitative estimate of drug-likeness (QED) is 0.222. The minimum absolute atomic E-state index is 0.0251. The van der Waals surface area contributed by atoms with E-state index in [2.05, 4.69) is 27.9 Å². The summed E-state index contributed by atoms with van der Waals surface area (Å²) in [6.07, 6.45) is 1.56. The van der Waals surface area contributed by atoms with Gasteiger partial charge in [0.2, 0.25) is 0 Å². The van der Waals surface area contributed by atoms with Gasteiger partial charge in [-0.1, -0.05) is 60.7 Å². The van der Waals surface area contributed by atoms with Crippen LogP contribution in [-0.4, -0.2) is 12.5 Å². The van der Waals surface area contributed by atoms with E-state index in [4.69, 9.17) is 9.47 Å². The number of nitrogens with one attached hydrogen (secondary N) is 1. The van der Waals surface area contributed by atoms with Crippen LogP contribution in [0.4, 0.5) is 0 Å². The maximum Gasteiger partial charge on any atom is 0.262 e. The van der Waals surface area contributed by atoms with Gasteiger partial charge < -0.3 is 14.8 Å². The Hall–Kier alpha value is -3.31. The van der Waals surface area contributed by atoms with E-state index in [1.165, 1.54) is 0 Å². The number of benzene rings is 3. The molecular formula is C26H23IN2O3. The number of rotatable bonds is 9. The van der Waals surface area contributed by atoms with Crippen molar-refractivity contribution in [3.63, 3.8) is 0 Å². The molecule has 0 saturated heterocycles. The lowest BCUT2D eigenvalue weighted by Crippen LogP contribution is -2.23. The molecule has 0 saturated carbocycles. The summed E-state index contributed by atoms with van der Waals surface area (Å²) in [5.74, 6) is 0.790. The van der Waals surface area contributed by atoms with Gasteiger partial charge in [0.05, 0.1) is 10.2 Å². The number of ether oxygens (including phenoxy) is 2. The molecule has 0 atom stereocenters. The zero-order valence-electron chi connectivity index (χ0n) is 17.7. The van der Waals surface area contributed by atoms with Gasteiger partial charge in [-0.05, 0) is 64.4 Å². The Kier molecular flexibility index (Phi) is 8.70. The number of nitrogens with zero attached hydrogens (tertiary/aromatic N) is 1. The summed E-state index contributed by atoms with van der Waals surface area (Å²) in [4.78, 5) is 12.5. The van der Waals surface area contributed by atoms with Crippen LogP contribution in [0.2, 0.25) is 0 Å². The average Bonchev–Trinajstić information content (AvgIpc) is 2.82. The van der Waals surface area contributed by atoms with Gasteiger partial charge in [0.1, 0.15) is 18.2 Å². The van der Waals surface area contributed by atoms with Crippen LogP contribution < -0.4 is 14.8 Å². The summed E-state index contributed by atoms with van der Waals surface area (Å²) in [6, 6.07) is 25.1. The highest BCUT2D eigenvalue weighted by Gasteiger charge is 2.14. The van der Waals surface area contributed by atoms with Crippen molar-refractivity contribution in [3.8, 4) is 17.6 Å². The molecule has 0 heterocycles. The number of carbonyl (C=O) groups excluding carboxylic acids is 1. The highest BCUT2D eigenvalue weighted by atomic mass is 127. The molecule has 5 nitrogen and oxygen atoms in total. The van der Waals surface area contributed by atoms with Crippen molar-refractivity contribution in [1.29, 1.82) is 5.26 Å². The van der Waals surface area contributed by atoms with Crippen LogP contribution in [0.25, 0.3) is 6.08 Å². The summed E-state index contributed by atoms with van der Waals surface area (Å²) in [7, 11) is 0. The number of nitriles is 1. The molecule has 0 aliphatic rings. The molecule has 0 bridgehead atoms. The second-order valence-electron chi connectivity index (χ2n) is 6.88. The number of carbonyl (C=O) groups is 1. The van der Waals surface area contributed by atoms with Crippen molar-refractivity contribution in [3.05, 3.63) is 98.6 Å². The van der Waals surface area contributed by atoms with Gasteiger partial charge in [0, 0.05) is 6.54 Å². The molecule has 3 aromatic carbocycles. The van der Waals surface area contributed by atoms with E-state index in [0.717, 1.165) is 14.7 Å². The van der Waals surface area contributed by atoms with Gasteiger partial charge in [-0.2, -0.15) is 5.26 Å². The van der Waals surface area contributed by atoms with Crippen LogP contribution >= 0.6 is 22.6 Å². The molecule has 0 radical (unpaired) electrons. The van der Waals surface area contributed by atoms with Gasteiger partial charge in [-0.3, -0.25) is 4.79 Å². The van der Waals surface area contributed by atoms with E-state index in [1.807, 2.05) is 79.7 Å². The van der Waals surface area contributed by atoms with Gasteiger partial charge in [0.15, 0.2) is 11.5 Å². The Morgan fingerprint density at radius 2 is 1.69 bits per heavy atom. The predicted molar refractivity (Wildman–Crippen MR) is 133 cm³/mol. The second kappa shape index (κ2) is 11.9. The topological polar surface area (TPSA) is 71.3 Å². The number of hydrogen-bond donors (Lipinski definition) is 1. The Morgan fingerprint density at radius 3 is 2.31 bits per heavy atom. The molecular weight excluding hydrogens is 515 g/mol. The summed E-state index contributed by atoms with van der Waals surface area (Å²) in [6.45, 7) is 3.13. The van der Waals surface area contributed by atoms with Crippen molar-refractivity contribution in [2.45, 2.75) is 20.1 Å². The highest BCUT2D eigenvalue weighted by molar-refractivity contribution is 14.1. The first-order valence-electron chi connectivity index (χ1n) is 10.2. The largest absolute Gasteiger partial charge is 0.490 e. The van der Waals surface area contributed by atoms with E-state index in [1.54, 1.807) is 12.1 Å². The predicted octanol–water partition coefficient (Wildman–Crippen LogP) is 5.49. The van der Waals surface area contributed by atoms with Crippen LogP contribution in [-0.2, 0) is 17.9 Å². The first-order chi connectivity index (χ1) is 15.6. The maximum atomic E-state index is 12.5. The third-order valence-corrected chi connectivity index (χ3v) is 5.33. The molecule has 3 rings (SSSR count). The molecule has 0 spiro atoms. The SMILES string of the molecule is CCOc1cc(/C=C(\C#N)C(=O)NCc2ccccc2)cc(I)c1OCc1ccccc1. The third kappa shape index (κ3) is 6.59. The fourth-order valence-corrected chi connectivity index (χ4v) is 3.77. The van der Waals surface area contributed by atoms with Crippen molar-refractivity contribution >= 4 is 34.6 Å². The van der Waals surface area contributed by atoms with Crippen LogP contribution in [0, 0.1) is 14.9 Å². The summed E-state index contributed by atoms with van der Waals surface area (Å²) >= 11 is 2.18. The van der Waals surface area contributed by atoms with Gasteiger partial charge in [0.25, 0.3) is 5.91 Å². The lowest BCUT2D eigenvalue weighted by molar-refractivity contribution is -0.117. The third-order valence-electron chi connectivity index (χ3n) is 4.53. The zero-order chi connectivity index (χ0) is 22.8. The zero-order valence-corrected chi connectivity index (χ0v) is 19.8. The van der Waals surface area contributed by atoms with Crippen LogP contribution in [0.1, 0.15) is 23.6 Å². The Bertz CT molecular complexity index is 1120. The van der Waals surface area contributed by atoms with E-state index in [-0.39, 0.29) is 5.57 Å². The van der Waals surface area contributed by atoms with E-state index < -0.39 is 5.91 Å². The summed E-state index contributed by atoms with van der Waals surface area (Å²) < 4.78 is 12.6. The first-order valence-corrected chi connectivity index (χ1v) is 11.3. The van der Waals surface area contributed by atoms with Crippen molar-refractivity contribution < 1.29 is 14.3 Å². The molecule has 0 fully saturated rings. The van der Waals surface area contributed by atoms with E-state index in [0.29, 0.717) is 36.8 Å². The normalized spacial score (nSPS) is 10.8. The molecule has 3 aromatic rings. The van der Waals surface area contributed by atoms with E-state index >= 15 is 0 Å². The molecule has 1 N–H and O–H groups in total. The van der Waals surface area contributed by atoms with Gasteiger partial charge in [-0.25, -0.2) is 0 Å². The fourth-order valence-electron chi connectivity index (χ4n) is 2.99. The fraction of sp³-hybridized carbons (Fsp3) is 0.154. The summed E-state index contributed by atoms with van der Waals surface area (Å²) in [5.41, 5.74) is 2.73. The van der Waals surface area contributed by atoms with E-state index in [9.17, 15) is 10.1 Å². The lowest BCUT2D eigenvalue weighted by atomic mass is 10.1. The monoisotopic (exact) mass is 538 g/mol. The second-order valence-corrected chi connectivity index (χ2v) is 8.04. The van der Waals surface area contributed by atoms with Gasteiger partial charge in [-0.15, -0.1) is 0 Å². The van der Waals surface area contributed by atoms with Crippen molar-refractivity contribution in [1.82, 2.24) is 5.32 Å². The minimum Gasteiger partial charge on any atom is -0.490 e. The highest BCUT2D eigenvalue weighted by Crippen LogP contribution is 2.35. The molecule has 0 aliphatic carbocycles. The first kappa shape index (κ1) is 23.4. The average molecular weight is 538 g/mol. The summed E-state index contributed by atoms with van der Waals surface area (Å²) in [5, 5.41) is 12.3.